The van der Waals surface area contributed by atoms with Gasteiger partial charge in [0.2, 0.25) is 0 Å². The first-order valence-electron chi connectivity index (χ1n) is 10.3. The summed E-state index contributed by atoms with van der Waals surface area (Å²) in [6, 6.07) is 12.9. The van der Waals surface area contributed by atoms with Crippen molar-refractivity contribution < 1.29 is 19.1 Å². The van der Waals surface area contributed by atoms with Gasteiger partial charge in [-0.2, -0.15) is 0 Å². The van der Waals surface area contributed by atoms with Crippen LogP contribution in [0, 0.1) is 0 Å². The Balaban J connectivity index is 1.51. The van der Waals surface area contributed by atoms with Gasteiger partial charge in [-0.25, -0.2) is 9.78 Å². The number of amides is 1. The van der Waals surface area contributed by atoms with Gasteiger partial charge in [-0.05, 0) is 49.7 Å². The first kappa shape index (κ1) is 20.3. The van der Waals surface area contributed by atoms with Gasteiger partial charge in [0.15, 0.2) is 11.1 Å². The smallest absolute Gasteiger partial charge is 0.338 e. The van der Waals surface area contributed by atoms with Gasteiger partial charge in [0, 0.05) is 23.3 Å². The minimum absolute atomic E-state index is 0.137. The number of ether oxygens (including phenoxy) is 2. The van der Waals surface area contributed by atoms with Crippen LogP contribution >= 0.6 is 11.3 Å². The van der Waals surface area contributed by atoms with Gasteiger partial charge in [0.1, 0.15) is 5.75 Å². The van der Waals surface area contributed by atoms with Crippen molar-refractivity contribution >= 4 is 33.9 Å². The molecule has 2 aromatic carbocycles. The van der Waals surface area contributed by atoms with Gasteiger partial charge in [-0.1, -0.05) is 12.1 Å². The third kappa shape index (κ3) is 3.62. The Morgan fingerprint density at radius 3 is 2.94 bits per heavy atom. The van der Waals surface area contributed by atoms with Crippen molar-refractivity contribution in [3.63, 3.8) is 0 Å². The van der Waals surface area contributed by atoms with Crippen molar-refractivity contribution in [1.29, 1.82) is 0 Å². The van der Waals surface area contributed by atoms with Crippen molar-refractivity contribution in [2.75, 3.05) is 11.5 Å². The lowest BCUT2D eigenvalue weighted by Gasteiger charge is -2.33. The number of carbonyl (C=O) groups excluding carboxylic acids is 2. The fourth-order valence-corrected chi connectivity index (χ4v) is 4.49. The third-order valence-electron chi connectivity index (χ3n) is 5.34. The minimum Gasteiger partial charge on any atom is -0.479 e. The van der Waals surface area contributed by atoms with Gasteiger partial charge >= 0.3 is 5.97 Å². The van der Waals surface area contributed by atoms with E-state index in [9.17, 15) is 9.59 Å². The number of anilines is 1. The standard InChI is InChI=1S/C24H21N3O4S/c1-3-30-23(29)18-6-4-5-16(11-18)13-27-20-12-17(7-8-21(20)31-15(2)22(27)28)19-14-26-9-10-32-24(26)25-19/h4-12,14-15H,3,13H2,1-2H3. The van der Waals surface area contributed by atoms with E-state index < -0.39 is 6.10 Å². The molecule has 1 aliphatic heterocycles. The molecule has 0 saturated carbocycles. The van der Waals surface area contributed by atoms with Crippen LogP contribution in [0.3, 0.4) is 0 Å². The van der Waals surface area contributed by atoms with Crippen LogP contribution in [0.15, 0.2) is 60.2 Å². The number of aromatic nitrogens is 2. The molecule has 0 fully saturated rings. The minimum atomic E-state index is -0.598. The molecule has 0 bridgehead atoms. The van der Waals surface area contributed by atoms with Crippen molar-refractivity contribution in [2.45, 2.75) is 26.5 Å². The third-order valence-corrected chi connectivity index (χ3v) is 6.11. The summed E-state index contributed by atoms with van der Waals surface area (Å²) in [6.45, 7) is 4.14. The average Bonchev–Trinajstić information content (AvgIpc) is 3.40. The molecule has 0 saturated heterocycles. The van der Waals surface area contributed by atoms with E-state index in [1.807, 2.05) is 46.4 Å². The maximum Gasteiger partial charge on any atom is 0.338 e. The Morgan fingerprint density at radius 1 is 1.25 bits per heavy atom. The molecule has 162 valence electrons. The van der Waals surface area contributed by atoms with Crippen LogP contribution in [0.2, 0.25) is 0 Å². The summed E-state index contributed by atoms with van der Waals surface area (Å²) in [4.78, 5) is 32.5. The van der Waals surface area contributed by atoms with E-state index >= 15 is 0 Å². The first-order valence-corrected chi connectivity index (χ1v) is 11.2. The summed E-state index contributed by atoms with van der Waals surface area (Å²) in [5, 5.41) is 1.99. The Labute approximate surface area is 188 Å². The van der Waals surface area contributed by atoms with Crippen LogP contribution in [0.5, 0.6) is 5.75 Å². The topological polar surface area (TPSA) is 73.1 Å². The fourth-order valence-electron chi connectivity index (χ4n) is 3.79. The number of imidazole rings is 1. The molecule has 32 heavy (non-hydrogen) atoms. The second kappa shape index (κ2) is 8.12. The Morgan fingerprint density at radius 2 is 2.12 bits per heavy atom. The second-order valence-electron chi connectivity index (χ2n) is 7.51. The maximum atomic E-state index is 13.1. The van der Waals surface area contributed by atoms with E-state index in [-0.39, 0.29) is 11.9 Å². The zero-order chi connectivity index (χ0) is 22.2. The zero-order valence-electron chi connectivity index (χ0n) is 17.6. The molecule has 5 rings (SSSR count). The van der Waals surface area contributed by atoms with Crippen LogP contribution < -0.4 is 9.64 Å². The molecular weight excluding hydrogens is 426 g/mol. The number of fused-ring (bicyclic) bond motifs is 2. The van der Waals surface area contributed by atoms with E-state index in [0.717, 1.165) is 21.8 Å². The van der Waals surface area contributed by atoms with Crippen LogP contribution in [0.25, 0.3) is 16.2 Å². The highest BCUT2D eigenvalue weighted by Gasteiger charge is 2.32. The number of thiazole rings is 1. The summed E-state index contributed by atoms with van der Waals surface area (Å²) >= 11 is 1.57. The van der Waals surface area contributed by atoms with Crippen molar-refractivity contribution in [2.24, 2.45) is 0 Å². The number of hydrogen-bond donors (Lipinski definition) is 0. The van der Waals surface area contributed by atoms with E-state index in [2.05, 4.69) is 4.98 Å². The molecule has 7 nitrogen and oxygen atoms in total. The zero-order valence-corrected chi connectivity index (χ0v) is 18.5. The van der Waals surface area contributed by atoms with Gasteiger partial charge in [0.25, 0.3) is 5.91 Å². The number of benzene rings is 2. The summed E-state index contributed by atoms with van der Waals surface area (Å²) in [7, 11) is 0. The normalized spacial score (nSPS) is 15.5. The lowest BCUT2D eigenvalue weighted by Crippen LogP contribution is -2.44. The molecule has 8 heteroatoms. The molecule has 0 radical (unpaired) electrons. The predicted molar refractivity (Wildman–Crippen MR) is 122 cm³/mol. The molecule has 0 spiro atoms. The summed E-state index contributed by atoms with van der Waals surface area (Å²) in [5.74, 6) is 0.129. The number of nitrogens with zero attached hydrogens (tertiary/aromatic N) is 3. The molecule has 1 aliphatic rings. The van der Waals surface area contributed by atoms with Crippen LogP contribution in [-0.4, -0.2) is 34.0 Å². The fraction of sp³-hybridized carbons (Fsp3) is 0.208. The molecule has 0 aliphatic carbocycles. The first-order chi connectivity index (χ1) is 15.5. The van der Waals surface area contributed by atoms with Gasteiger partial charge in [-0.15, -0.1) is 11.3 Å². The largest absolute Gasteiger partial charge is 0.479 e. The highest BCUT2D eigenvalue weighted by molar-refractivity contribution is 7.15. The van der Waals surface area contributed by atoms with E-state index in [1.165, 1.54) is 0 Å². The van der Waals surface area contributed by atoms with E-state index in [1.54, 1.807) is 48.3 Å². The van der Waals surface area contributed by atoms with Crippen LogP contribution in [0.1, 0.15) is 29.8 Å². The monoisotopic (exact) mass is 447 g/mol. The average molecular weight is 448 g/mol. The second-order valence-corrected chi connectivity index (χ2v) is 8.38. The Kier molecular flexibility index (Phi) is 5.14. The highest BCUT2D eigenvalue weighted by Crippen LogP contribution is 2.38. The van der Waals surface area contributed by atoms with Gasteiger partial charge in [0.05, 0.1) is 30.1 Å². The maximum absolute atomic E-state index is 13.1. The highest BCUT2D eigenvalue weighted by atomic mass is 32.1. The number of carbonyl (C=O) groups is 2. The van der Waals surface area contributed by atoms with Gasteiger partial charge < -0.3 is 14.4 Å². The summed E-state index contributed by atoms with van der Waals surface area (Å²) < 4.78 is 12.9. The summed E-state index contributed by atoms with van der Waals surface area (Å²) in [6.07, 6.45) is 3.33. The SMILES string of the molecule is CCOC(=O)c1cccc(CN2C(=O)C(C)Oc3ccc(-c4cn5ccsc5n4)cc32)c1. The molecule has 1 atom stereocenters. The molecule has 1 unspecified atom stereocenters. The number of esters is 1. The number of rotatable bonds is 5. The van der Waals surface area contributed by atoms with Gasteiger partial charge in [-0.3, -0.25) is 9.20 Å². The van der Waals surface area contributed by atoms with Crippen molar-refractivity contribution in [1.82, 2.24) is 9.38 Å². The van der Waals surface area contributed by atoms with Crippen molar-refractivity contribution in [3.05, 3.63) is 71.4 Å². The predicted octanol–water partition coefficient (Wildman–Crippen LogP) is 4.55. The van der Waals surface area contributed by atoms with Crippen LogP contribution in [0.4, 0.5) is 5.69 Å². The Bertz CT molecular complexity index is 1300. The molecule has 2 aromatic heterocycles. The summed E-state index contributed by atoms with van der Waals surface area (Å²) in [5.41, 5.74) is 3.70. The molecule has 0 N–H and O–H groups in total. The molecule has 1 amide bonds. The lowest BCUT2D eigenvalue weighted by atomic mass is 10.1. The van der Waals surface area contributed by atoms with E-state index in [4.69, 9.17) is 9.47 Å². The number of hydrogen-bond acceptors (Lipinski definition) is 6. The molecule has 3 heterocycles. The lowest BCUT2D eigenvalue weighted by molar-refractivity contribution is -0.125. The van der Waals surface area contributed by atoms with Crippen LogP contribution in [-0.2, 0) is 16.1 Å². The molecule has 4 aromatic rings. The quantitative estimate of drug-likeness (QED) is 0.420. The Hall–Kier alpha value is -3.65. The van der Waals surface area contributed by atoms with Crippen molar-refractivity contribution in [3.8, 4) is 17.0 Å². The van der Waals surface area contributed by atoms with E-state index in [0.29, 0.717) is 30.2 Å². The molecular formula is C24H21N3O4S.